The Morgan fingerprint density at radius 2 is 2.08 bits per heavy atom. The molecule has 9 heteroatoms. The average Bonchev–Trinajstić information content (AvgIpc) is 3.16. The van der Waals surface area contributed by atoms with Crippen LogP contribution in [-0.2, 0) is 11.2 Å². The van der Waals surface area contributed by atoms with Crippen molar-refractivity contribution in [1.29, 1.82) is 0 Å². The van der Waals surface area contributed by atoms with Crippen LogP contribution in [0.3, 0.4) is 0 Å². The van der Waals surface area contributed by atoms with Crippen LogP contribution in [0.4, 0.5) is 14.5 Å². The van der Waals surface area contributed by atoms with Gasteiger partial charge in [0.1, 0.15) is 17.5 Å². The molecule has 3 aromatic rings. The van der Waals surface area contributed by atoms with Crippen molar-refractivity contribution in [1.82, 2.24) is 15.2 Å². The van der Waals surface area contributed by atoms with Crippen LogP contribution in [0.1, 0.15) is 10.7 Å². The summed E-state index contributed by atoms with van der Waals surface area (Å²) in [5.41, 5.74) is 0.0754. The molecule has 2 N–H and O–H groups in total. The Morgan fingerprint density at radius 3 is 2.79 bits per heavy atom. The highest BCUT2D eigenvalue weighted by atomic mass is 32.2. The number of nitrogens with zero attached hydrogens (tertiary/aromatic N) is 2. The van der Waals surface area contributed by atoms with Crippen molar-refractivity contribution in [3.8, 4) is 0 Å². The highest BCUT2D eigenvalue weighted by Gasteiger charge is 2.10. The number of hydrogen-bond donors (Lipinski definition) is 2. The molecule has 0 bridgehead atoms. The van der Waals surface area contributed by atoms with Gasteiger partial charge in [-0.05, 0) is 23.6 Å². The molecule has 0 saturated carbocycles. The lowest BCUT2D eigenvalue weighted by atomic mass is 10.3. The zero-order valence-corrected chi connectivity index (χ0v) is 13.9. The maximum absolute atomic E-state index is 13.1. The molecular formula is C15H12F2N4OS2. The normalized spacial score (nSPS) is 10.8. The Balaban J connectivity index is 1.52. The number of anilines is 1. The molecule has 124 valence electrons. The van der Waals surface area contributed by atoms with Gasteiger partial charge in [0, 0.05) is 23.1 Å². The predicted molar refractivity (Wildman–Crippen MR) is 89.2 cm³/mol. The molecule has 0 aliphatic carbocycles. The third-order valence-electron chi connectivity index (χ3n) is 2.91. The number of nitrogens with one attached hydrogen (secondary N) is 2. The number of carbonyl (C=O) groups is 1. The molecule has 1 amide bonds. The summed E-state index contributed by atoms with van der Waals surface area (Å²) in [5.74, 6) is -1.13. The summed E-state index contributed by atoms with van der Waals surface area (Å²) < 4.78 is 26.1. The van der Waals surface area contributed by atoms with Gasteiger partial charge in [-0.15, -0.1) is 16.4 Å². The SMILES string of the molecule is O=C(CSc1n[nH]c(Cc2cccs2)n1)Nc1cc(F)cc(F)c1. The number of hydrogen-bond acceptors (Lipinski definition) is 5. The lowest BCUT2D eigenvalue weighted by Gasteiger charge is -2.04. The molecule has 0 aliphatic rings. The van der Waals surface area contributed by atoms with E-state index in [-0.39, 0.29) is 11.4 Å². The van der Waals surface area contributed by atoms with Crippen LogP contribution in [0.2, 0.25) is 0 Å². The fraction of sp³-hybridized carbons (Fsp3) is 0.133. The number of rotatable bonds is 6. The van der Waals surface area contributed by atoms with E-state index in [1.807, 2.05) is 17.5 Å². The van der Waals surface area contributed by atoms with Crippen LogP contribution < -0.4 is 5.32 Å². The van der Waals surface area contributed by atoms with Crippen LogP contribution in [-0.4, -0.2) is 26.8 Å². The Morgan fingerprint density at radius 1 is 1.29 bits per heavy atom. The molecule has 0 fully saturated rings. The molecule has 2 aromatic heterocycles. The highest BCUT2D eigenvalue weighted by Crippen LogP contribution is 2.17. The monoisotopic (exact) mass is 366 g/mol. The number of halogens is 2. The van der Waals surface area contributed by atoms with Gasteiger partial charge in [-0.2, -0.15) is 0 Å². The minimum absolute atomic E-state index is 0.0361. The van der Waals surface area contributed by atoms with Gasteiger partial charge in [0.25, 0.3) is 0 Å². The largest absolute Gasteiger partial charge is 0.325 e. The minimum Gasteiger partial charge on any atom is -0.325 e. The second-order valence-corrected chi connectivity index (χ2v) is 6.79. The van der Waals surface area contributed by atoms with E-state index in [2.05, 4.69) is 20.5 Å². The molecule has 0 atom stereocenters. The fourth-order valence-corrected chi connectivity index (χ4v) is 3.28. The van der Waals surface area contributed by atoms with Crippen LogP contribution in [0.25, 0.3) is 0 Å². The number of H-pyrrole nitrogens is 1. The Labute approximate surface area is 144 Å². The predicted octanol–water partition coefficient (Wildman–Crippen LogP) is 3.47. The summed E-state index contributed by atoms with van der Waals surface area (Å²) in [6.45, 7) is 0. The third-order valence-corrected chi connectivity index (χ3v) is 4.64. The van der Waals surface area contributed by atoms with Gasteiger partial charge in [-0.3, -0.25) is 9.89 Å². The third kappa shape index (κ3) is 4.62. The van der Waals surface area contributed by atoms with Gasteiger partial charge < -0.3 is 5.32 Å². The fourth-order valence-electron chi connectivity index (χ4n) is 1.95. The smallest absolute Gasteiger partial charge is 0.234 e. The lowest BCUT2D eigenvalue weighted by Crippen LogP contribution is -2.14. The zero-order chi connectivity index (χ0) is 16.9. The summed E-state index contributed by atoms with van der Waals surface area (Å²) in [4.78, 5) is 17.3. The van der Waals surface area contributed by atoms with Crippen molar-refractivity contribution >= 4 is 34.7 Å². The van der Waals surface area contributed by atoms with E-state index in [1.54, 1.807) is 11.3 Å². The highest BCUT2D eigenvalue weighted by molar-refractivity contribution is 7.99. The number of benzene rings is 1. The van der Waals surface area contributed by atoms with E-state index in [4.69, 9.17) is 0 Å². The molecule has 2 heterocycles. The molecule has 1 aromatic carbocycles. The first-order chi connectivity index (χ1) is 11.6. The van der Waals surface area contributed by atoms with Crippen LogP contribution in [0.5, 0.6) is 0 Å². The van der Waals surface area contributed by atoms with Crippen LogP contribution >= 0.6 is 23.1 Å². The number of carbonyl (C=O) groups excluding carboxylic acids is 1. The van der Waals surface area contributed by atoms with Gasteiger partial charge in [-0.1, -0.05) is 17.8 Å². The Kier molecular flexibility index (Phi) is 5.21. The quantitative estimate of drug-likeness (QED) is 0.656. The van der Waals surface area contributed by atoms with Crippen LogP contribution in [0.15, 0.2) is 40.9 Å². The van der Waals surface area contributed by atoms with Gasteiger partial charge in [0.2, 0.25) is 11.1 Å². The van der Waals surface area contributed by atoms with E-state index in [0.29, 0.717) is 17.4 Å². The maximum atomic E-state index is 13.1. The summed E-state index contributed by atoms with van der Waals surface area (Å²) in [6, 6.07) is 6.82. The van der Waals surface area contributed by atoms with E-state index < -0.39 is 17.5 Å². The zero-order valence-electron chi connectivity index (χ0n) is 12.3. The van der Waals surface area contributed by atoms with Crippen molar-refractivity contribution in [2.24, 2.45) is 0 Å². The maximum Gasteiger partial charge on any atom is 0.234 e. The lowest BCUT2D eigenvalue weighted by molar-refractivity contribution is -0.113. The van der Waals surface area contributed by atoms with Gasteiger partial charge in [0.15, 0.2) is 0 Å². The number of aromatic amines is 1. The number of aromatic nitrogens is 3. The summed E-state index contributed by atoms with van der Waals surface area (Å²) in [6.07, 6.45) is 0.653. The number of thioether (sulfide) groups is 1. The minimum atomic E-state index is -0.745. The van der Waals surface area contributed by atoms with Crippen molar-refractivity contribution in [2.45, 2.75) is 11.6 Å². The second-order valence-electron chi connectivity index (χ2n) is 4.82. The van der Waals surface area contributed by atoms with Crippen molar-refractivity contribution in [3.63, 3.8) is 0 Å². The van der Waals surface area contributed by atoms with E-state index in [1.165, 1.54) is 0 Å². The molecular weight excluding hydrogens is 354 g/mol. The van der Waals surface area contributed by atoms with Crippen molar-refractivity contribution < 1.29 is 13.6 Å². The molecule has 0 radical (unpaired) electrons. The molecule has 5 nitrogen and oxygen atoms in total. The van der Waals surface area contributed by atoms with Gasteiger partial charge >= 0.3 is 0 Å². The van der Waals surface area contributed by atoms with E-state index in [9.17, 15) is 13.6 Å². The average molecular weight is 366 g/mol. The summed E-state index contributed by atoms with van der Waals surface area (Å²) in [5, 5.41) is 11.7. The summed E-state index contributed by atoms with van der Waals surface area (Å²) >= 11 is 2.77. The van der Waals surface area contributed by atoms with Crippen molar-refractivity contribution in [2.75, 3.05) is 11.1 Å². The second kappa shape index (κ2) is 7.54. The molecule has 0 spiro atoms. The summed E-state index contributed by atoms with van der Waals surface area (Å²) in [7, 11) is 0. The first kappa shape index (κ1) is 16.6. The molecule has 3 rings (SSSR count). The van der Waals surface area contributed by atoms with Crippen LogP contribution in [0, 0.1) is 11.6 Å². The Hall–Kier alpha value is -2.26. The molecule has 24 heavy (non-hydrogen) atoms. The molecule has 0 unspecified atom stereocenters. The molecule has 0 saturated heterocycles. The first-order valence-electron chi connectivity index (χ1n) is 6.91. The van der Waals surface area contributed by atoms with Gasteiger partial charge in [-0.25, -0.2) is 13.8 Å². The van der Waals surface area contributed by atoms with E-state index in [0.717, 1.165) is 34.8 Å². The number of amides is 1. The first-order valence-corrected chi connectivity index (χ1v) is 8.77. The topological polar surface area (TPSA) is 70.7 Å². The van der Waals surface area contributed by atoms with Crippen molar-refractivity contribution in [3.05, 3.63) is 58.0 Å². The van der Waals surface area contributed by atoms with Gasteiger partial charge in [0.05, 0.1) is 5.75 Å². The van der Waals surface area contributed by atoms with E-state index >= 15 is 0 Å². The Bertz CT molecular complexity index is 816. The standard InChI is InChI=1S/C15H12F2N4OS2/c16-9-4-10(17)6-11(5-9)18-14(22)8-24-15-19-13(20-21-15)7-12-2-1-3-23-12/h1-6H,7-8H2,(H,18,22)(H,19,20,21). The molecule has 0 aliphatic heterocycles. The number of thiophene rings is 1.